The lowest BCUT2D eigenvalue weighted by atomic mass is 9.91. The van der Waals surface area contributed by atoms with Crippen LogP contribution in [0.2, 0.25) is 0 Å². The number of piperidine rings is 2. The maximum absolute atomic E-state index is 12.5. The van der Waals surface area contributed by atoms with Crippen molar-refractivity contribution in [1.82, 2.24) is 10.6 Å². The smallest absolute Gasteiger partial charge is 0.293 e. The highest BCUT2D eigenvalue weighted by molar-refractivity contribution is 5.96. The van der Waals surface area contributed by atoms with Gasteiger partial charge in [-0.05, 0) is 56.3 Å². The molecule has 150 valence electrons. The number of nitro groups is 1. The first-order valence-corrected chi connectivity index (χ1v) is 9.49. The van der Waals surface area contributed by atoms with Crippen molar-refractivity contribution in [1.29, 1.82) is 0 Å². The molecule has 0 bridgehead atoms. The van der Waals surface area contributed by atoms with Crippen molar-refractivity contribution in [2.45, 2.75) is 39.2 Å². The van der Waals surface area contributed by atoms with Gasteiger partial charge >= 0.3 is 0 Å². The molecule has 0 spiro atoms. The van der Waals surface area contributed by atoms with Gasteiger partial charge in [-0.2, -0.15) is 0 Å². The van der Waals surface area contributed by atoms with Crippen LogP contribution in [0, 0.1) is 22.0 Å². The molecular formula is C19H29ClN4O3. The topological polar surface area (TPSA) is 87.5 Å². The molecule has 2 N–H and O–H groups in total. The lowest BCUT2D eigenvalue weighted by Gasteiger charge is -2.36. The predicted octanol–water partition coefficient (Wildman–Crippen LogP) is 2.98. The molecule has 2 aliphatic heterocycles. The third-order valence-electron chi connectivity index (χ3n) is 5.32. The van der Waals surface area contributed by atoms with E-state index in [4.69, 9.17) is 0 Å². The first-order valence-electron chi connectivity index (χ1n) is 9.49. The first-order chi connectivity index (χ1) is 12.4. The molecule has 1 amide bonds. The Hall–Kier alpha value is -1.86. The third kappa shape index (κ3) is 5.32. The molecule has 1 aromatic rings. The normalized spacial score (nSPS) is 23.4. The van der Waals surface area contributed by atoms with Gasteiger partial charge in [0.1, 0.15) is 5.69 Å². The Morgan fingerprint density at radius 2 is 1.85 bits per heavy atom. The van der Waals surface area contributed by atoms with Gasteiger partial charge in [0.25, 0.3) is 11.6 Å². The zero-order chi connectivity index (χ0) is 18.7. The summed E-state index contributed by atoms with van der Waals surface area (Å²) in [4.78, 5) is 25.9. The van der Waals surface area contributed by atoms with Crippen molar-refractivity contribution in [3.05, 3.63) is 33.9 Å². The summed E-state index contributed by atoms with van der Waals surface area (Å²) in [5.74, 6) is 0.773. The lowest BCUT2D eigenvalue weighted by molar-refractivity contribution is -0.384. The zero-order valence-electron chi connectivity index (χ0n) is 15.9. The Labute approximate surface area is 166 Å². The molecule has 2 heterocycles. The number of rotatable bonds is 4. The minimum absolute atomic E-state index is 0. The van der Waals surface area contributed by atoms with Gasteiger partial charge < -0.3 is 15.5 Å². The highest BCUT2D eigenvalue weighted by atomic mass is 35.5. The molecule has 2 saturated heterocycles. The van der Waals surface area contributed by atoms with E-state index in [-0.39, 0.29) is 35.0 Å². The molecule has 7 nitrogen and oxygen atoms in total. The molecule has 2 atom stereocenters. The van der Waals surface area contributed by atoms with Crippen LogP contribution in [0.15, 0.2) is 18.2 Å². The molecule has 2 aliphatic rings. The van der Waals surface area contributed by atoms with Crippen LogP contribution in [-0.2, 0) is 0 Å². The molecular weight excluding hydrogens is 368 g/mol. The number of amides is 1. The van der Waals surface area contributed by atoms with Crippen molar-refractivity contribution < 1.29 is 9.72 Å². The van der Waals surface area contributed by atoms with E-state index in [1.807, 2.05) is 0 Å². The van der Waals surface area contributed by atoms with Gasteiger partial charge in [0.05, 0.1) is 4.92 Å². The Morgan fingerprint density at radius 3 is 2.44 bits per heavy atom. The number of nitro benzene ring substituents is 1. The largest absolute Gasteiger partial charge is 0.365 e. The Balaban J connectivity index is 0.00000261. The molecule has 1 aromatic carbocycles. The van der Waals surface area contributed by atoms with Gasteiger partial charge in [-0.25, -0.2) is 0 Å². The molecule has 0 aliphatic carbocycles. The van der Waals surface area contributed by atoms with Gasteiger partial charge in [-0.15, -0.1) is 12.4 Å². The zero-order valence-corrected chi connectivity index (χ0v) is 16.8. The van der Waals surface area contributed by atoms with Gasteiger partial charge in [0.15, 0.2) is 0 Å². The van der Waals surface area contributed by atoms with Crippen LogP contribution in [0.5, 0.6) is 0 Å². The van der Waals surface area contributed by atoms with E-state index in [2.05, 4.69) is 29.4 Å². The van der Waals surface area contributed by atoms with Crippen molar-refractivity contribution >= 4 is 29.7 Å². The highest BCUT2D eigenvalue weighted by Crippen LogP contribution is 2.33. The second-order valence-corrected chi connectivity index (χ2v) is 7.81. The van der Waals surface area contributed by atoms with Crippen LogP contribution >= 0.6 is 12.4 Å². The van der Waals surface area contributed by atoms with Crippen LogP contribution in [0.3, 0.4) is 0 Å². The summed E-state index contributed by atoms with van der Waals surface area (Å²) in [7, 11) is 0. The Bertz CT molecular complexity index is 669. The summed E-state index contributed by atoms with van der Waals surface area (Å²) in [6.45, 7) is 7.74. The van der Waals surface area contributed by atoms with Gasteiger partial charge in [0.2, 0.25) is 0 Å². The van der Waals surface area contributed by atoms with Crippen LogP contribution < -0.4 is 15.5 Å². The molecule has 0 aromatic heterocycles. The third-order valence-corrected chi connectivity index (χ3v) is 5.32. The molecule has 2 fully saturated rings. The number of hydrogen-bond donors (Lipinski definition) is 2. The molecule has 0 saturated carbocycles. The summed E-state index contributed by atoms with van der Waals surface area (Å²) in [6, 6.07) is 5.00. The van der Waals surface area contributed by atoms with E-state index in [0.29, 0.717) is 23.1 Å². The van der Waals surface area contributed by atoms with E-state index in [0.717, 1.165) is 45.4 Å². The van der Waals surface area contributed by atoms with Crippen molar-refractivity contribution in [3.8, 4) is 0 Å². The van der Waals surface area contributed by atoms with Gasteiger partial charge in [-0.1, -0.05) is 13.8 Å². The second kappa shape index (κ2) is 9.37. The standard InChI is InChI=1S/C19H28N4O3.ClH/c1-13-9-14(2)12-22(11-13)17-4-3-15(10-18(17)23(25)26)19(24)21-16-5-7-20-8-6-16;/h3-4,10,13-14,16,20H,5-9,11-12H2,1-2H3,(H,21,24);1H. The van der Waals surface area contributed by atoms with E-state index in [1.165, 1.54) is 6.07 Å². The lowest BCUT2D eigenvalue weighted by Crippen LogP contribution is -2.42. The van der Waals surface area contributed by atoms with Crippen LogP contribution in [0.25, 0.3) is 0 Å². The summed E-state index contributed by atoms with van der Waals surface area (Å²) < 4.78 is 0. The number of carbonyl (C=O) groups is 1. The molecule has 0 radical (unpaired) electrons. The van der Waals surface area contributed by atoms with E-state index >= 15 is 0 Å². The minimum Gasteiger partial charge on any atom is -0.365 e. The highest BCUT2D eigenvalue weighted by Gasteiger charge is 2.28. The molecule has 8 heteroatoms. The average Bonchev–Trinajstić information content (AvgIpc) is 2.61. The maximum atomic E-state index is 12.5. The SMILES string of the molecule is CC1CC(C)CN(c2ccc(C(=O)NC3CCNCC3)cc2[N+](=O)[O-])C1.Cl. The number of nitrogens with zero attached hydrogens (tertiary/aromatic N) is 2. The van der Waals surface area contributed by atoms with Gasteiger partial charge in [-0.3, -0.25) is 14.9 Å². The van der Waals surface area contributed by atoms with Crippen molar-refractivity contribution in [2.24, 2.45) is 11.8 Å². The molecule has 27 heavy (non-hydrogen) atoms. The number of nitrogens with one attached hydrogen (secondary N) is 2. The maximum Gasteiger partial charge on any atom is 0.293 e. The van der Waals surface area contributed by atoms with Crippen molar-refractivity contribution in [2.75, 3.05) is 31.1 Å². The fourth-order valence-electron chi connectivity index (χ4n) is 4.17. The number of anilines is 1. The second-order valence-electron chi connectivity index (χ2n) is 7.81. The number of benzene rings is 1. The predicted molar refractivity (Wildman–Crippen MR) is 109 cm³/mol. The Morgan fingerprint density at radius 1 is 1.22 bits per heavy atom. The minimum atomic E-state index is -0.374. The van der Waals surface area contributed by atoms with E-state index in [1.54, 1.807) is 12.1 Å². The number of carbonyl (C=O) groups excluding carboxylic acids is 1. The van der Waals surface area contributed by atoms with E-state index < -0.39 is 0 Å². The Kier molecular flexibility index (Phi) is 7.44. The average molecular weight is 397 g/mol. The van der Waals surface area contributed by atoms with Crippen molar-refractivity contribution in [3.63, 3.8) is 0 Å². The van der Waals surface area contributed by atoms with Crippen LogP contribution in [-0.4, -0.2) is 43.1 Å². The summed E-state index contributed by atoms with van der Waals surface area (Å²) in [6.07, 6.45) is 2.91. The summed E-state index contributed by atoms with van der Waals surface area (Å²) in [5.41, 5.74) is 0.994. The first kappa shape index (κ1) is 21.4. The number of halogens is 1. The summed E-state index contributed by atoms with van der Waals surface area (Å²) >= 11 is 0. The van der Waals surface area contributed by atoms with Crippen LogP contribution in [0.1, 0.15) is 43.5 Å². The van der Waals surface area contributed by atoms with Crippen LogP contribution in [0.4, 0.5) is 11.4 Å². The molecule has 3 rings (SSSR count). The fraction of sp³-hybridized carbons (Fsp3) is 0.632. The van der Waals surface area contributed by atoms with Gasteiger partial charge in [0, 0.05) is 30.8 Å². The quantitative estimate of drug-likeness (QED) is 0.603. The molecule has 2 unspecified atom stereocenters. The number of hydrogen-bond acceptors (Lipinski definition) is 5. The fourth-order valence-corrected chi connectivity index (χ4v) is 4.17. The summed E-state index contributed by atoms with van der Waals surface area (Å²) in [5, 5.41) is 17.9. The van der Waals surface area contributed by atoms with E-state index in [9.17, 15) is 14.9 Å². The monoisotopic (exact) mass is 396 g/mol.